The second-order valence-corrected chi connectivity index (χ2v) is 8.75. The van der Waals surface area contributed by atoms with Crippen molar-refractivity contribution in [2.24, 2.45) is 0 Å². The Hall–Kier alpha value is -4.10. The lowest BCUT2D eigenvalue weighted by Gasteiger charge is -2.11. The van der Waals surface area contributed by atoms with Crippen LogP contribution in [0.25, 0.3) is 21.9 Å². The van der Waals surface area contributed by atoms with Gasteiger partial charge in [0.1, 0.15) is 23.3 Å². The van der Waals surface area contributed by atoms with Crippen LogP contribution in [0.2, 0.25) is 5.02 Å². The highest BCUT2D eigenvalue weighted by Gasteiger charge is 2.18. The van der Waals surface area contributed by atoms with Gasteiger partial charge < -0.3 is 14.6 Å². The summed E-state index contributed by atoms with van der Waals surface area (Å²) in [5.41, 5.74) is 3.98. The number of hydrogen-bond donors (Lipinski definition) is 1. The van der Waals surface area contributed by atoms with E-state index in [9.17, 15) is 9.59 Å². The minimum atomic E-state index is -0.266. The molecule has 176 valence electrons. The highest BCUT2D eigenvalue weighted by molar-refractivity contribution is 6.31. The van der Waals surface area contributed by atoms with Crippen molar-refractivity contribution in [1.29, 1.82) is 0 Å². The monoisotopic (exact) mass is 486 g/mol. The first-order chi connectivity index (χ1) is 16.9. The summed E-state index contributed by atoms with van der Waals surface area (Å²) in [5.74, 6) is 0.480. The van der Waals surface area contributed by atoms with Gasteiger partial charge in [-0.05, 0) is 48.4 Å². The van der Waals surface area contributed by atoms with Crippen LogP contribution in [0.3, 0.4) is 0 Å². The normalized spacial score (nSPS) is 11.2. The van der Waals surface area contributed by atoms with E-state index in [1.807, 2.05) is 61.5 Å². The van der Waals surface area contributed by atoms with Gasteiger partial charge >= 0.3 is 0 Å². The average Bonchev–Trinajstić information content (AvgIpc) is 3.17. The molecular formula is C27H23ClN4O3. The molecule has 0 radical (unpaired) electrons. The molecule has 5 aromatic rings. The van der Waals surface area contributed by atoms with E-state index in [0.29, 0.717) is 28.3 Å². The molecule has 1 amide bonds. The van der Waals surface area contributed by atoms with Crippen LogP contribution in [0.15, 0.2) is 77.9 Å². The molecule has 3 aromatic carbocycles. The minimum Gasteiger partial charge on any atom is -0.497 e. The van der Waals surface area contributed by atoms with Gasteiger partial charge in [0.15, 0.2) is 0 Å². The Labute approximate surface area is 206 Å². The summed E-state index contributed by atoms with van der Waals surface area (Å²) < 4.78 is 8.50. The third-order valence-corrected chi connectivity index (χ3v) is 6.41. The Morgan fingerprint density at radius 2 is 1.86 bits per heavy atom. The van der Waals surface area contributed by atoms with Gasteiger partial charge in [-0.3, -0.25) is 14.2 Å². The molecule has 0 atom stereocenters. The molecular weight excluding hydrogens is 464 g/mol. The van der Waals surface area contributed by atoms with E-state index in [4.69, 9.17) is 16.3 Å². The van der Waals surface area contributed by atoms with E-state index in [1.54, 1.807) is 34.7 Å². The quantitative estimate of drug-likeness (QED) is 0.366. The Balaban J connectivity index is 1.54. The molecule has 0 aliphatic carbocycles. The Morgan fingerprint density at radius 3 is 2.60 bits per heavy atom. The second-order valence-electron chi connectivity index (χ2n) is 8.34. The Bertz CT molecular complexity index is 1620. The Morgan fingerprint density at radius 1 is 1.09 bits per heavy atom. The smallest absolute Gasteiger partial charge is 0.278 e. The molecule has 0 spiro atoms. The minimum absolute atomic E-state index is 0.0427. The summed E-state index contributed by atoms with van der Waals surface area (Å²) in [6.07, 6.45) is 1.56. The predicted octanol–water partition coefficient (Wildman–Crippen LogP) is 5.01. The molecule has 0 saturated heterocycles. The molecule has 0 saturated carbocycles. The fourth-order valence-electron chi connectivity index (χ4n) is 4.17. The first-order valence-corrected chi connectivity index (χ1v) is 11.5. The van der Waals surface area contributed by atoms with Crippen LogP contribution in [0.5, 0.6) is 5.75 Å². The maximum atomic E-state index is 13.6. The number of amides is 1. The summed E-state index contributed by atoms with van der Waals surface area (Å²) in [7, 11) is 1.61. The number of carbonyl (C=O) groups excluding carboxylic acids is 1. The molecule has 8 heteroatoms. The van der Waals surface area contributed by atoms with Gasteiger partial charge in [-0.25, -0.2) is 4.98 Å². The third kappa shape index (κ3) is 4.38. The van der Waals surface area contributed by atoms with E-state index in [2.05, 4.69) is 10.3 Å². The van der Waals surface area contributed by atoms with Crippen molar-refractivity contribution in [2.75, 3.05) is 12.4 Å². The van der Waals surface area contributed by atoms with E-state index in [-0.39, 0.29) is 18.0 Å². The molecule has 0 unspecified atom stereocenters. The highest BCUT2D eigenvalue weighted by Crippen LogP contribution is 2.26. The molecule has 0 aliphatic heterocycles. The number of ether oxygens (including phenoxy) is 1. The first-order valence-electron chi connectivity index (χ1n) is 11.1. The largest absolute Gasteiger partial charge is 0.497 e. The fraction of sp³-hybridized carbons (Fsp3) is 0.148. The molecule has 0 aliphatic rings. The van der Waals surface area contributed by atoms with Crippen LogP contribution in [0.1, 0.15) is 11.1 Å². The predicted molar refractivity (Wildman–Crippen MR) is 138 cm³/mol. The van der Waals surface area contributed by atoms with E-state index in [0.717, 1.165) is 27.8 Å². The van der Waals surface area contributed by atoms with Crippen LogP contribution < -0.4 is 15.6 Å². The SMILES string of the molecule is COc1ccc(Cn2cnc3c4ccccc4n(CC(=O)Nc4ccc(C)c(Cl)c4)c3c2=O)cc1. The zero-order valence-corrected chi connectivity index (χ0v) is 20.0. The Kier molecular flexibility index (Phi) is 6.01. The topological polar surface area (TPSA) is 78.2 Å². The van der Waals surface area contributed by atoms with E-state index in [1.165, 1.54) is 0 Å². The summed E-state index contributed by atoms with van der Waals surface area (Å²) in [4.78, 5) is 31.2. The maximum absolute atomic E-state index is 13.6. The average molecular weight is 487 g/mol. The zero-order chi connectivity index (χ0) is 24.5. The van der Waals surface area contributed by atoms with Crippen LogP contribution in [0, 0.1) is 6.92 Å². The molecule has 2 heterocycles. The van der Waals surface area contributed by atoms with Gasteiger partial charge in [-0.15, -0.1) is 0 Å². The third-order valence-electron chi connectivity index (χ3n) is 6.00. The molecule has 0 bridgehead atoms. The standard InChI is InChI=1S/C27H23ClN4O3/c1-17-7-10-19(13-22(17)28)30-24(33)15-32-23-6-4-3-5-21(23)25-26(32)27(34)31(16-29-25)14-18-8-11-20(35-2)12-9-18/h3-13,16H,14-15H2,1-2H3,(H,30,33). The lowest BCUT2D eigenvalue weighted by molar-refractivity contribution is -0.116. The number of methoxy groups -OCH3 is 1. The van der Waals surface area contributed by atoms with Crippen molar-refractivity contribution >= 4 is 45.1 Å². The van der Waals surface area contributed by atoms with Crippen molar-refractivity contribution < 1.29 is 9.53 Å². The van der Waals surface area contributed by atoms with E-state index >= 15 is 0 Å². The van der Waals surface area contributed by atoms with Crippen LogP contribution in [0.4, 0.5) is 5.69 Å². The van der Waals surface area contributed by atoms with E-state index < -0.39 is 0 Å². The van der Waals surface area contributed by atoms with Crippen molar-refractivity contribution in [2.45, 2.75) is 20.0 Å². The van der Waals surface area contributed by atoms with Gasteiger partial charge in [0, 0.05) is 16.1 Å². The van der Waals surface area contributed by atoms with Crippen molar-refractivity contribution in [1.82, 2.24) is 14.1 Å². The van der Waals surface area contributed by atoms with Gasteiger partial charge in [0.25, 0.3) is 5.56 Å². The summed E-state index contributed by atoms with van der Waals surface area (Å²) in [6.45, 7) is 2.20. The number of carbonyl (C=O) groups is 1. The molecule has 2 aromatic heterocycles. The summed E-state index contributed by atoms with van der Waals surface area (Å²) in [5, 5.41) is 4.27. The van der Waals surface area contributed by atoms with Gasteiger partial charge in [0.05, 0.1) is 25.5 Å². The van der Waals surface area contributed by atoms with Gasteiger partial charge in [-0.1, -0.05) is 48.0 Å². The van der Waals surface area contributed by atoms with Gasteiger partial charge in [-0.2, -0.15) is 0 Å². The lowest BCUT2D eigenvalue weighted by Crippen LogP contribution is -2.25. The zero-order valence-electron chi connectivity index (χ0n) is 19.3. The number of rotatable bonds is 6. The lowest BCUT2D eigenvalue weighted by atomic mass is 10.2. The first kappa shape index (κ1) is 22.7. The van der Waals surface area contributed by atoms with Crippen molar-refractivity contribution in [3.8, 4) is 5.75 Å². The molecule has 1 N–H and O–H groups in total. The summed E-state index contributed by atoms with van der Waals surface area (Å²) in [6, 6.07) is 20.5. The number of aryl methyl sites for hydroxylation is 1. The van der Waals surface area contributed by atoms with Crippen LogP contribution >= 0.6 is 11.6 Å². The molecule has 0 fully saturated rings. The van der Waals surface area contributed by atoms with Gasteiger partial charge in [0.2, 0.25) is 5.91 Å². The van der Waals surface area contributed by atoms with Crippen molar-refractivity contribution in [3.63, 3.8) is 0 Å². The van der Waals surface area contributed by atoms with Crippen LogP contribution in [-0.2, 0) is 17.9 Å². The second kappa shape index (κ2) is 9.27. The number of para-hydroxylation sites is 1. The molecule has 5 rings (SSSR count). The van der Waals surface area contributed by atoms with Crippen LogP contribution in [-0.4, -0.2) is 27.1 Å². The maximum Gasteiger partial charge on any atom is 0.278 e. The number of anilines is 1. The number of fused-ring (bicyclic) bond motifs is 3. The number of aromatic nitrogens is 3. The van der Waals surface area contributed by atoms with Crippen molar-refractivity contribution in [3.05, 3.63) is 99.6 Å². The molecule has 7 nitrogen and oxygen atoms in total. The highest BCUT2D eigenvalue weighted by atomic mass is 35.5. The molecule has 35 heavy (non-hydrogen) atoms. The summed E-state index contributed by atoms with van der Waals surface area (Å²) >= 11 is 6.20. The number of nitrogens with one attached hydrogen (secondary N) is 1. The number of hydrogen-bond acceptors (Lipinski definition) is 4. The number of benzene rings is 3. The number of halogens is 1. The number of nitrogens with zero attached hydrogens (tertiary/aromatic N) is 3. The fourth-order valence-corrected chi connectivity index (χ4v) is 4.35.